The zero-order valence-electron chi connectivity index (χ0n) is 16.5. The summed E-state index contributed by atoms with van der Waals surface area (Å²) in [6, 6.07) is 7.13. The SMILES string of the molecule is CCOC(=O)[C@@H]1CCCCN1C(=O)c1csc2nc(-c3cccc(OC)c3)cn12. The van der Waals surface area contributed by atoms with Gasteiger partial charge in [0.15, 0.2) is 4.96 Å². The molecule has 3 aromatic rings. The molecular formula is C21H23N3O4S. The predicted octanol–water partition coefficient (Wildman–Crippen LogP) is 3.63. The number of rotatable bonds is 5. The van der Waals surface area contributed by atoms with Gasteiger partial charge in [0.05, 0.1) is 19.4 Å². The van der Waals surface area contributed by atoms with Gasteiger partial charge in [-0.05, 0) is 38.3 Å². The summed E-state index contributed by atoms with van der Waals surface area (Å²) in [5.74, 6) is 0.263. The predicted molar refractivity (Wildman–Crippen MR) is 110 cm³/mol. The second-order valence-electron chi connectivity index (χ2n) is 6.89. The van der Waals surface area contributed by atoms with Gasteiger partial charge in [-0.1, -0.05) is 12.1 Å². The number of hydrogen-bond acceptors (Lipinski definition) is 6. The van der Waals surface area contributed by atoms with Crippen LogP contribution in [0.3, 0.4) is 0 Å². The third-order valence-electron chi connectivity index (χ3n) is 5.12. The first kappa shape index (κ1) is 19.4. The Balaban J connectivity index is 1.65. The Morgan fingerprint density at radius 2 is 2.17 bits per heavy atom. The second-order valence-corrected chi connectivity index (χ2v) is 7.73. The van der Waals surface area contributed by atoms with E-state index in [1.807, 2.05) is 30.5 Å². The lowest BCUT2D eigenvalue weighted by Crippen LogP contribution is -2.48. The van der Waals surface area contributed by atoms with Crippen molar-refractivity contribution < 1.29 is 19.1 Å². The van der Waals surface area contributed by atoms with Crippen molar-refractivity contribution in [1.29, 1.82) is 0 Å². The molecule has 1 aliphatic rings. The molecule has 0 spiro atoms. The maximum absolute atomic E-state index is 13.3. The molecule has 0 aliphatic carbocycles. The number of benzene rings is 1. The van der Waals surface area contributed by atoms with Crippen molar-refractivity contribution in [3.8, 4) is 17.0 Å². The summed E-state index contributed by atoms with van der Waals surface area (Å²) < 4.78 is 12.3. The van der Waals surface area contributed by atoms with Crippen LogP contribution >= 0.6 is 11.3 Å². The molecule has 1 aromatic carbocycles. The second kappa shape index (κ2) is 8.24. The average Bonchev–Trinajstić information content (AvgIpc) is 3.34. The molecule has 1 fully saturated rings. The minimum Gasteiger partial charge on any atom is -0.497 e. The molecule has 3 heterocycles. The average molecular weight is 413 g/mol. The smallest absolute Gasteiger partial charge is 0.328 e. The highest BCUT2D eigenvalue weighted by atomic mass is 32.1. The van der Waals surface area contributed by atoms with E-state index in [-0.39, 0.29) is 11.9 Å². The van der Waals surface area contributed by atoms with Crippen LogP contribution in [0, 0.1) is 0 Å². The van der Waals surface area contributed by atoms with Crippen LogP contribution in [0.1, 0.15) is 36.7 Å². The van der Waals surface area contributed by atoms with Crippen LogP contribution in [0.25, 0.3) is 16.2 Å². The molecule has 7 nitrogen and oxygen atoms in total. The number of likely N-dealkylation sites (tertiary alicyclic amines) is 1. The lowest BCUT2D eigenvalue weighted by molar-refractivity contribution is -0.149. The van der Waals surface area contributed by atoms with Gasteiger partial charge in [0.1, 0.15) is 17.5 Å². The number of carbonyl (C=O) groups excluding carboxylic acids is 2. The number of piperidine rings is 1. The highest BCUT2D eigenvalue weighted by molar-refractivity contribution is 7.15. The zero-order chi connectivity index (χ0) is 20.4. The molecule has 0 unspecified atom stereocenters. The Kier molecular flexibility index (Phi) is 5.53. The number of hydrogen-bond donors (Lipinski definition) is 0. The van der Waals surface area contributed by atoms with Gasteiger partial charge in [-0.15, -0.1) is 11.3 Å². The fourth-order valence-corrected chi connectivity index (χ4v) is 4.51. The summed E-state index contributed by atoms with van der Waals surface area (Å²) in [6.45, 7) is 2.64. The molecule has 2 aromatic heterocycles. The van der Waals surface area contributed by atoms with Crippen LogP contribution in [-0.2, 0) is 9.53 Å². The maximum Gasteiger partial charge on any atom is 0.328 e. The van der Waals surface area contributed by atoms with E-state index in [2.05, 4.69) is 4.98 Å². The van der Waals surface area contributed by atoms with E-state index >= 15 is 0 Å². The molecule has 0 radical (unpaired) electrons. The van der Waals surface area contributed by atoms with E-state index in [9.17, 15) is 9.59 Å². The summed E-state index contributed by atoms with van der Waals surface area (Å²) in [5, 5.41) is 1.80. The Morgan fingerprint density at radius 3 is 2.97 bits per heavy atom. The van der Waals surface area contributed by atoms with E-state index in [0.717, 1.165) is 34.8 Å². The van der Waals surface area contributed by atoms with E-state index in [4.69, 9.17) is 9.47 Å². The van der Waals surface area contributed by atoms with Crippen molar-refractivity contribution in [2.45, 2.75) is 32.2 Å². The molecule has 1 amide bonds. The van der Waals surface area contributed by atoms with Crippen LogP contribution in [0.5, 0.6) is 5.75 Å². The van der Waals surface area contributed by atoms with Crippen molar-refractivity contribution in [2.75, 3.05) is 20.3 Å². The zero-order valence-corrected chi connectivity index (χ0v) is 17.3. The molecule has 4 rings (SSSR count). The Hall–Kier alpha value is -2.87. The van der Waals surface area contributed by atoms with Crippen LogP contribution in [-0.4, -0.2) is 52.5 Å². The number of amides is 1. The summed E-state index contributed by atoms with van der Waals surface area (Å²) >= 11 is 1.41. The standard InChI is InChI=1S/C21H23N3O4S/c1-3-28-20(26)17-9-4-5-10-23(17)19(25)18-13-29-21-22-16(12-24(18)21)14-7-6-8-15(11-14)27-2/h6-8,11-13,17H,3-5,9-10H2,1-2H3/t17-/m0/s1. The molecule has 8 heteroatoms. The summed E-state index contributed by atoms with van der Waals surface area (Å²) in [4.78, 5) is 32.7. The number of esters is 1. The van der Waals surface area contributed by atoms with E-state index < -0.39 is 6.04 Å². The Labute approximate surface area is 172 Å². The fourth-order valence-electron chi connectivity index (χ4n) is 3.66. The number of ether oxygens (including phenoxy) is 2. The molecule has 0 bridgehead atoms. The van der Waals surface area contributed by atoms with Gasteiger partial charge in [-0.25, -0.2) is 9.78 Å². The van der Waals surface area contributed by atoms with Crippen LogP contribution in [0.2, 0.25) is 0 Å². The highest BCUT2D eigenvalue weighted by Gasteiger charge is 2.34. The largest absolute Gasteiger partial charge is 0.497 e. The van der Waals surface area contributed by atoms with Gasteiger partial charge in [-0.2, -0.15) is 0 Å². The number of aromatic nitrogens is 2. The number of carbonyl (C=O) groups is 2. The molecule has 1 saturated heterocycles. The third kappa shape index (κ3) is 3.72. The van der Waals surface area contributed by atoms with Crippen molar-refractivity contribution >= 4 is 28.2 Å². The van der Waals surface area contributed by atoms with E-state index in [0.29, 0.717) is 25.3 Å². The van der Waals surface area contributed by atoms with Crippen molar-refractivity contribution in [1.82, 2.24) is 14.3 Å². The molecule has 0 N–H and O–H groups in total. The fraction of sp³-hybridized carbons (Fsp3) is 0.381. The first-order valence-electron chi connectivity index (χ1n) is 9.71. The summed E-state index contributed by atoms with van der Waals surface area (Å²) in [5.41, 5.74) is 2.20. The Bertz CT molecular complexity index is 1040. The monoisotopic (exact) mass is 413 g/mol. The van der Waals surface area contributed by atoms with Gasteiger partial charge >= 0.3 is 5.97 Å². The number of thiazole rings is 1. The van der Waals surface area contributed by atoms with Gasteiger partial charge in [0.25, 0.3) is 5.91 Å². The van der Waals surface area contributed by atoms with E-state index in [1.165, 1.54) is 11.3 Å². The molecule has 152 valence electrons. The minimum absolute atomic E-state index is 0.163. The van der Waals surface area contributed by atoms with Crippen molar-refractivity contribution in [3.05, 3.63) is 41.5 Å². The van der Waals surface area contributed by atoms with Gasteiger partial charge in [0.2, 0.25) is 0 Å². The lowest BCUT2D eigenvalue weighted by atomic mass is 10.0. The molecule has 29 heavy (non-hydrogen) atoms. The van der Waals surface area contributed by atoms with Crippen LogP contribution < -0.4 is 4.74 Å². The van der Waals surface area contributed by atoms with Gasteiger partial charge in [0, 0.05) is 23.7 Å². The third-order valence-corrected chi connectivity index (χ3v) is 5.96. The van der Waals surface area contributed by atoms with E-state index in [1.54, 1.807) is 28.7 Å². The first-order chi connectivity index (χ1) is 14.1. The van der Waals surface area contributed by atoms with Crippen LogP contribution in [0.15, 0.2) is 35.8 Å². The number of imidazole rings is 1. The summed E-state index contributed by atoms with van der Waals surface area (Å²) in [7, 11) is 1.63. The molecule has 1 aliphatic heterocycles. The minimum atomic E-state index is -0.521. The maximum atomic E-state index is 13.3. The molecule has 1 atom stereocenters. The van der Waals surface area contributed by atoms with Gasteiger partial charge < -0.3 is 14.4 Å². The van der Waals surface area contributed by atoms with Crippen molar-refractivity contribution in [3.63, 3.8) is 0 Å². The number of methoxy groups -OCH3 is 1. The quantitative estimate of drug-likeness (QED) is 0.597. The molecule has 0 saturated carbocycles. The highest BCUT2D eigenvalue weighted by Crippen LogP contribution is 2.28. The molecular weight excluding hydrogens is 390 g/mol. The topological polar surface area (TPSA) is 73.1 Å². The number of nitrogens with zero attached hydrogens (tertiary/aromatic N) is 3. The first-order valence-corrected chi connectivity index (χ1v) is 10.6. The lowest BCUT2D eigenvalue weighted by Gasteiger charge is -2.33. The number of fused-ring (bicyclic) bond motifs is 1. The Morgan fingerprint density at radius 1 is 1.31 bits per heavy atom. The summed E-state index contributed by atoms with van der Waals surface area (Å²) in [6.07, 6.45) is 4.29. The normalized spacial score (nSPS) is 16.8. The van der Waals surface area contributed by atoms with Crippen LogP contribution in [0.4, 0.5) is 0 Å². The van der Waals surface area contributed by atoms with Crippen molar-refractivity contribution in [2.24, 2.45) is 0 Å². The van der Waals surface area contributed by atoms with Gasteiger partial charge in [-0.3, -0.25) is 9.20 Å².